The van der Waals surface area contributed by atoms with E-state index >= 15 is 0 Å². The normalized spacial score (nSPS) is 16.1. The maximum atomic E-state index is 12.2. The van der Waals surface area contributed by atoms with Crippen LogP contribution in [0.2, 0.25) is 0 Å². The van der Waals surface area contributed by atoms with Crippen LogP contribution in [0.3, 0.4) is 0 Å². The zero-order valence-electron chi connectivity index (χ0n) is 16.4. The lowest BCUT2D eigenvalue weighted by Crippen LogP contribution is -2.32. The van der Waals surface area contributed by atoms with Crippen LogP contribution in [0.25, 0.3) is 6.08 Å². The van der Waals surface area contributed by atoms with Gasteiger partial charge in [0.2, 0.25) is 0 Å². The summed E-state index contributed by atoms with van der Waals surface area (Å²) >= 11 is 0. The summed E-state index contributed by atoms with van der Waals surface area (Å²) in [4.78, 5) is 12.2. The fourth-order valence-electron chi connectivity index (χ4n) is 2.97. The second-order valence-corrected chi connectivity index (χ2v) is 6.72. The Morgan fingerprint density at radius 2 is 1.93 bits per heavy atom. The fraction of sp³-hybridized carbons (Fsp3) is 0.304. The number of nitrogens with zero attached hydrogens (tertiary/aromatic N) is 1. The third kappa shape index (κ3) is 6.09. The monoisotopic (exact) mass is 392 g/mol. The predicted molar refractivity (Wildman–Crippen MR) is 109 cm³/mol. The molecular formula is C23H24N2O4. The highest BCUT2D eigenvalue weighted by Gasteiger charge is 2.17. The van der Waals surface area contributed by atoms with Crippen molar-refractivity contribution in [2.45, 2.75) is 25.6 Å². The predicted octanol–water partition coefficient (Wildman–Crippen LogP) is 3.48. The van der Waals surface area contributed by atoms with Gasteiger partial charge in [0.1, 0.15) is 29.7 Å². The second kappa shape index (κ2) is 10.3. The highest BCUT2D eigenvalue weighted by atomic mass is 16.5. The number of hydrogen-bond donors (Lipinski definition) is 1. The molecule has 1 atom stereocenters. The standard InChI is InChI=1S/C23H24N2O4/c1-27-20-8-6-18(7-9-20)16-29-21-10-4-17(5-11-21)13-19(14-24)23(26)25-15-22-3-2-12-28-22/h4-11,13,22H,2-3,12,15-16H2,1H3,(H,25,26)/b19-13+/t22-/m0/s1. The molecule has 2 aromatic rings. The number of nitrogens with one attached hydrogen (secondary N) is 1. The van der Waals surface area contributed by atoms with E-state index in [9.17, 15) is 10.1 Å². The molecule has 0 saturated carbocycles. The van der Waals surface area contributed by atoms with E-state index in [0.29, 0.717) is 18.9 Å². The van der Waals surface area contributed by atoms with Crippen molar-refractivity contribution < 1.29 is 19.0 Å². The van der Waals surface area contributed by atoms with Crippen molar-refractivity contribution in [3.63, 3.8) is 0 Å². The van der Waals surface area contributed by atoms with Crippen LogP contribution >= 0.6 is 0 Å². The molecule has 1 heterocycles. The molecule has 6 nitrogen and oxygen atoms in total. The first kappa shape index (κ1) is 20.4. The largest absolute Gasteiger partial charge is 0.497 e. The van der Waals surface area contributed by atoms with Gasteiger partial charge in [-0.3, -0.25) is 4.79 Å². The van der Waals surface area contributed by atoms with Crippen LogP contribution in [0.1, 0.15) is 24.0 Å². The number of hydrogen-bond acceptors (Lipinski definition) is 5. The molecule has 0 spiro atoms. The molecule has 0 aromatic heterocycles. The van der Waals surface area contributed by atoms with Gasteiger partial charge in [0.05, 0.1) is 13.2 Å². The number of rotatable bonds is 8. The van der Waals surface area contributed by atoms with Gasteiger partial charge in [-0.25, -0.2) is 0 Å². The maximum absolute atomic E-state index is 12.2. The first-order chi connectivity index (χ1) is 14.2. The smallest absolute Gasteiger partial charge is 0.262 e. The van der Waals surface area contributed by atoms with Gasteiger partial charge in [-0.15, -0.1) is 0 Å². The molecule has 1 fully saturated rings. The van der Waals surface area contributed by atoms with Crippen LogP contribution in [0.5, 0.6) is 11.5 Å². The number of ether oxygens (including phenoxy) is 3. The summed E-state index contributed by atoms with van der Waals surface area (Å²) < 4.78 is 16.4. The third-order valence-electron chi connectivity index (χ3n) is 4.64. The second-order valence-electron chi connectivity index (χ2n) is 6.72. The first-order valence-corrected chi connectivity index (χ1v) is 9.55. The molecule has 1 N–H and O–H groups in total. The van der Waals surface area contributed by atoms with E-state index in [1.807, 2.05) is 54.6 Å². The van der Waals surface area contributed by atoms with Crippen molar-refractivity contribution in [2.75, 3.05) is 20.3 Å². The molecule has 150 valence electrons. The summed E-state index contributed by atoms with van der Waals surface area (Å²) in [7, 11) is 1.63. The summed E-state index contributed by atoms with van der Waals surface area (Å²) in [6.45, 7) is 1.60. The van der Waals surface area contributed by atoms with Crippen LogP contribution < -0.4 is 14.8 Å². The van der Waals surface area contributed by atoms with E-state index in [-0.39, 0.29) is 17.6 Å². The molecule has 3 rings (SSSR count). The van der Waals surface area contributed by atoms with E-state index in [0.717, 1.165) is 36.3 Å². The summed E-state index contributed by atoms with van der Waals surface area (Å²) in [5.41, 5.74) is 1.85. The first-order valence-electron chi connectivity index (χ1n) is 9.55. The van der Waals surface area contributed by atoms with E-state index in [1.165, 1.54) is 0 Å². The van der Waals surface area contributed by atoms with E-state index in [1.54, 1.807) is 13.2 Å². The molecule has 1 amide bonds. The van der Waals surface area contributed by atoms with E-state index in [2.05, 4.69) is 5.32 Å². The minimum atomic E-state index is -0.386. The van der Waals surface area contributed by atoms with Gasteiger partial charge in [-0.05, 0) is 54.3 Å². The Labute approximate surface area is 170 Å². The molecule has 6 heteroatoms. The molecule has 0 aliphatic carbocycles. The number of methoxy groups -OCH3 is 1. The van der Waals surface area contributed by atoms with Gasteiger partial charge in [0, 0.05) is 13.2 Å². The van der Waals surface area contributed by atoms with Gasteiger partial charge in [-0.1, -0.05) is 24.3 Å². The van der Waals surface area contributed by atoms with Gasteiger partial charge in [0.15, 0.2) is 0 Å². The summed E-state index contributed by atoms with van der Waals surface area (Å²) in [6.07, 6.45) is 3.55. The van der Waals surface area contributed by atoms with Gasteiger partial charge in [0.25, 0.3) is 5.91 Å². The lowest BCUT2D eigenvalue weighted by molar-refractivity contribution is -0.117. The minimum absolute atomic E-state index is 0.0426. The highest BCUT2D eigenvalue weighted by Crippen LogP contribution is 2.18. The molecular weight excluding hydrogens is 368 g/mol. The van der Waals surface area contributed by atoms with E-state index < -0.39 is 0 Å². The Hall–Kier alpha value is -3.30. The Morgan fingerprint density at radius 1 is 1.21 bits per heavy atom. The van der Waals surface area contributed by atoms with Crippen LogP contribution in [0.15, 0.2) is 54.1 Å². The fourth-order valence-corrected chi connectivity index (χ4v) is 2.97. The Balaban J connectivity index is 1.54. The zero-order valence-corrected chi connectivity index (χ0v) is 16.4. The van der Waals surface area contributed by atoms with Crippen molar-refractivity contribution in [1.82, 2.24) is 5.32 Å². The van der Waals surface area contributed by atoms with Gasteiger partial charge < -0.3 is 19.5 Å². The van der Waals surface area contributed by atoms with Crippen molar-refractivity contribution in [3.8, 4) is 17.6 Å². The lowest BCUT2D eigenvalue weighted by atomic mass is 10.1. The van der Waals surface area contributed by atoms with Crippen LogP contribution in [-0.2, 0) is 16.1 Å². The average Bonchev–Trinajstić information content (AvgIpc) is 3.29. The number of carbonyl (C=O) groups excluding carboxylic acids is 1. The van der Waals surface area contributed by atoms with Crippen LogP contribution in [-0.4, -0.2) is 32.3 Å². The number of nitriles is 1. The third-order valence-corrected chi connectivity index (χ3v) is 4.64. The molecule has 0 unspecified atom stereocenters. The number of amides is 1. The quantitative estimate of drug-likeness (QED) is 0.550. The number of carbonyl (C=O) groups is 1. The maximum Gasteiger partial charge on any atom is 0.262 e. The summed E-state index contributed by atoms with van der Waals surface area (Å²) in [5.74, 6) is 1.13. The van der Waals surface area contributed by atoms with E-state index in [4.69, 9.17) is 14.2 Å². The van der Waals surface area contributed by atoms with Crippen LogP contribution in [0, 0.1) is 11.3 Å². The topological polar surface area (TPSA) is 80.6 Å². The zero-order chi connectivity index (χ0) is 20.5. The molecule has 1 aliphatic rings. The van der Waals surface area contributed by atoms with Gasteiger partial charge in [-0.2, -0.15) is 5.26 Å². The minimum Gasteiger partial charge on any atom is -0.497 e. The Morgan fingerprint density at radius 3 is 2.55 bits per heavy atom. The Bertz CT molecular complexity index is 877. The highest BCUT2D eigenvalue weighted by molar-refractivity contribution is 6.01. The van der Waals surface area contributed by atoms with Crippen molar-refractivity contribution in [1.29, 1.82) is 5.26 Å². The SMILES string of the molecule is COc1ccc(COc2ccc(/C=C(\C#N)C(=O)NC[C@@H]3CCCO3)cc2)cc1. The van der Waals surface area contributed by atoms with Crippen molar-refractivity contribution in [3.05, 3.63) is 65.2 Å². The molecule has 0 radical (unpaired) electrons. The average molecular weight is 392 g/mol. The summed E-state index contributed by atoms with van der Waals surface area (Å²) in [5, 5.41) is 12.1. The molecule has 29 heavy (non-hydrogen) atoms. The van der Waals surface area contributed by atoms with Crippen molar-refractivity contribution >= 4 is 12.0 Å². The Kier molecular flexibility index (Phi) is 7.26. The van der Waals surface area contributed by atoms with Gasteiger partial charge >= 0.3 is 0 Å². The molecule has 0 bridgehead atoms. The molecule has 2 aromatic carbocycles. The molecule has 1 saturated heterocycles. The number of benzene rings is 2. The van der Waals surface area contributed by atoms with Crippen molar-refractivity contribution in [2.24, 2.45) is 0 Å². The molecule has 1 aliphatic heterocycles. The lowest BCUT2D eigenvalue weighted by Gasteiger charge is -2.10. The summed E-state index contributed by atoms with van der Waals surface area (Å²) in [6, 6.07) is 16.9. The van der Waals surface area contributed by atoms with Crippen LogP contribution in [0.4, 0.5) is 0 Å².